The van der Waals surface area contributed by atoms with Gasteiger partial charge in [-0.15, -0.1) is 0 Å². The maximum Gasteiger partial charge on any atom is 0.405 e. The maximum atomic E-state index is 14.2. The number of aliphatic imine (C=N–C) groups is 1. The van der Waals surface area contributed by atoms with Crippen molar-refractivity contribution in [2.45, 2.75) is 12.4 Å². The van der Waals surface area contributed by atoms with E-state index >= 15 is 0 Å². The number of fused-ring (bicyclic) bond motifs is 1. The quantitative estimate of drug-likeness (QED) is 0.808. The topological polar surface area (TPSA) is 35.8 Å². The van der Waals surface area contributed by atoms with Gasteiger partial charge in [0.25, 0.3) is 0 Å². The zero-order chi connectivity index (χ0) is 18.2. The number of β-amino-alcohol motifs (C(OH)–C–C–N with tert-alkyl or cyclic N) is 1. The van der Waals surface area contributed by atoms with Gasteiger partial charge in [0.1, 0.15) is 12.4 Å². The molecule has 1 aliphatic heterocycles. The number of hydrogen-bond donors (Lipinski definition) is 1. The minimum Gasteiger partial charge on any atom is -0.370 e. The first kappa shape index (κ1) is 17.7. The third kappa shape index (κ3) is 3.93. The molecule has 0 amide bonds. The lowest BCUT2D eigenvalue weighted by atomic mass is 9.99. The summed E-state index contributed by atoms with van der Waals surface area (Å²) in [6.45, 7) is -1.63. The number of nitrogens with zero attached hydrogens (tertiary/aromatic N) is 2. The molecule has 0 aliphatic carbocycles. The van der Waals surface area contributed by atoms with E-state index in [1.54, 1.807) is 6.07 Å². The molecule has 0 bridgehead atoms. The molecule has 2 aromatic rings. The number of benzodiazepines with no additional fused rings is 1. The molecule has 25 heavy (non-hydrogen) atoms. The number of halogens is 5. The van der Waals surface area contributed by atoms with E-state index in [0.29, 0.717) is 0 Å². The fraction of sp³-hybridized carbons (Fsp3) is 0.235. The Balaban J connectivity index is 2.18. The molecule has 2 aromatic carbocycles. The molecule has 3 rings (SSSR count). The Hall–Kier alpha value is -2.12. The average Bonchev–Trinajstić information content (AvgIpc) is 2.63. The normalized spacial score (nSPS) is 17.8. The molecule has 0 aromatic heterocycles. The predicted octanol–water partition coefficient (Wildman–Crippen LogP) is 4.02. The molecule has 0 saturated heterocycles. The number of aliphatic hydroxyl groups is 1. The van der Waals surface area contributed by atoms with E-state index in [4.69, 9.17) is 11.6 Å². The Morgan fingerprint density at radius 2 is 1.88 bits per heavy atom. The molecule has 0 spiro atoms. The van der Waals surface area contributed by atoms with Crippen LogP contribution in [0, 0.1) is 5.82 Å². The average molecular weight is 373 g/mol. The third-order valence-electron chi connectivity index (χ3n) is 3.72. The molecule has 0 radical (unpaired) electrons. The van der Waals surface area contributed by atoms with Gasteiger partial charge in [0.05, 0.1) is 12.3 Å². The largest absolute Gasteiger partial charge is 0.405 e. The third-order valence-corrected chi connectivity index (χ3v) is 3.95. The van der Waals surface area contributed by atoms with Crippen molar-refractivity contribution in [3.8, 4) is 0 Å². The van der Waals surface area contributed by atoms with Crippen LogP contribution in [0.1, 0.15) is 11.1 Å². The van der Waals surface area contributed by atoms with Crippen molar-refractivity contribution in [3.63, 3.8) is 0 Å². The predicted molar refractivity (Wildman–Crippen MR) is 87.8 cm³/mol. The Morgan fingerprint density at radius 3 is 2.56 bits per heavy atom. The summed E-state index contributed by atoms with van der Waals surface area (Å²) in [5, 5.41) is 10.3. The number of alkyl halides is 3. The second kappa shape index (κ2) is 6.65. The number of aliphatic hydroxyl groups excluding tert-OH is 1. The summed E-state index contributed by atoms with van der Waals surface area (Å²) in [5.74, 6) is -0.594. The second-order valence-electron chi connectivity index (χ2n) is 5.60. The van der Waals surface area contributed by atoms with Crippen LogP contribution < -0.4 is 4.90 Å². The molecule has 1 atom stereocenters. The maximum absolute atomic E-state index is 14.2. The van der Waals surface area contributed by atoms with Crippen LogP contribution in [-0.2, 0) is 0 Å². The van der Waals surface area contributed by atoms with Crippen molar-refractivity contribution < 1.29 is 22.7 Å². The van der Waals surface area contributed by atoms with Gasteiger partial charge < -0.3 is 10.0 Å². The number of hydrogen-bond acceptors (Lipinski definition) is 3. The van der Waals surface area contributed by atoms with Gasteiger partial charge in [-0.1, -0.05) is 23.7 Å². The molecule has 1 unspecified atom stereocenters. The summed E-state index contributed by atoms with van der Waals surface area (Å²) in [6, 6.07) is 10.0. The molecule has 1 aliphatic rings. The van der Waals surface area contributed by atoms with E-state index in [1.165, 1.54) is 36.4 Å². The number of rotatable bonds is 2. The minimum atomic E-state index is -4.47. The molecule has 8 heteroatoms. The molecule has 1 N–H and O–H groups in total. The summed E-state index contributed by atoms with van der Waals surface area (Å²) >= 11 is 5.99. The number of benzene rings is 2. The summed E-state index contributed by atoms with van der Waals surface area (Å²) in [4.78, 5) is 5.00. The Labute approximate surface area is 146 Å². The Morgan fingerprint density at radius 1 is 1.16 bits per heavy atom. The highest BCUT2D eigenvalue weighted by Crippen LogP contribution is 2.32. The zero-order valence-corrected chi connectivity index (χ0v) is 13.5. The van der Waals surface area contributed by atoms with Gasteiger partial charge in [-0.05, 0) is 30.3 Å². The number of anilines is 1. The Kier molecular flexibility index (Phi) is 4.71. The molecule has 0 saturated carbocycles. The van der Waals surface area contributed by atoms with Crippen LogP contribution in [-0.4, -0.2) is 36.3 Å². The molecule has 132 valence electrons. The smallest absolute Gasteiger partial charge is 0.370 e. The monoisotopic (exact) mass is 372 g/mol. The van der Waals surface area contributed by atoms with Crippen molar-refractivity contribution in [1.29, 1.82) is 0 Å². The summed E-state index contributed by atoms with van der Waals surface area (Å²) in [7, 11) is 0. The van der Waals surface area contributed by atoms with Crippen LogP contribution >= 0.6 is 11.6 Å². The van der Waals surface area contributed by atoms with Gasteiger partial charge in [-0.2, -0.15) is 13.2 Å². The lowest BCUT2D eigenvalue weighted by molar-refractivity contribution is -0.120. The lowest BCUT2D eigenvalue weighted by Crippen LogP contribution is -2.38. The van der Waals surface area contributed by atoms with Crippen LogP contribution in [0.2, 0.25) is 5.02 Å². The molecule has 1 heterocycles. The van der Waals surface area contributed by atoms with Crippen LogP contribution in [0.3, 0.4) is 0 Å². The fourth-order valence-electron chi connectivity index (χ4n) is 2.76. The first-order valence-electron chi connectivity index (χ1n) is 7.37. The van der Waals surface area contributed by atoms with E-state index in [0.717, 1.165) is 4.90 Å². The van der Waals surface area contributed by atoms with E-state index in [2.05, 4.69) is 4.99 Å². The highest BCUT2D eigenvalue weighted by atomic mass is 35.5. The van der Waals surface area contributed by atoms with Gasteiger partial charge in [0.15, 0.2) is 6.23 Å². The van der Waals surface area contributed by atoms with Gasteiger partial charge >= 0.3 is 6.18 Å². The second-order valence-corrected chi connectivity index (χ2v) is 6.03. The molecule has 3 nitrogen and oxygen atoms in total. The Bertz CT molecular complexity index is 823. The zero-order valence-electron chi connectivity index (χ0n) is 12.8. The SMILES string of the molecule is OC1CN(CC(F)(F)F)c2ccc(Cl)cc2C(c2ccccc2F)=N1. The summed E-state index contributed by atoms with van der Waals surface area (Å²) < 4.78 is 52.9. The highest BCUT2D eigenvalue weighted by Gasteiger charge is 2.34. The first-order chi connectivity index (χ1) is 11.7. The van der Waals surface area contributed by atoms with Crippen LogP contribution in [0.5, 0.6) is 0 Å². The molecule has 0 fully saturated rings. The molecular formula is C17H13ClF4N2O. The molecular weight excluding hydrogens is 360 g/mol. The van der Waals surface area contributed by atoms with E-state index in [1.807, 2.05) is 0 Å². The van der Waals surface area contributed by atoms with Crippen molar-refractivity contribution in [2.24, 2.45) is 4.99 Å². The first-order valence-corrected chi connectivity index (χ1v) is 7.75. The van der Waals surface area contributed by atoms with Crippen molar-refractivity contribution in [2.75, 3.05) is 18.0 Å². The van der Waals surface area contributed by atoms with E-state index < -0.39 is 24.8 Å². The van der Waals surface area contributed by atoms with Crippen LogP contribution in [0.15, 0.2) is 47.5 Å². The van der Waals surface area contributed by atoms with E-state index in [-0.39, 0.29) is 34.1 Å². The highest BCUT2D eigenvalue weighted by molar-refractivity contribution is 6.31. The lowest BCUT2D eigenvalue weighted by Gasteiger charge is -2.26. The van der Waals surface area contributed by atoms with Gasteiger partial charge in [0.2, 0.25) is 0 Å². The van der Waals surface area contributed by atoms with Crippen molar-refractivity contribution in [1.82, 2.24) is 0 Å². The van der Waals surface area contributed by atoms with Gasteiger partial charge in [-0.3, -0.25) is 4.99 Å². The van der Waals surface area contributed by atoms with Gasteiger partial charge in [0, 0.05) is 21.8 Å². The van der Waals surface area contributed by atoms with Crippen LogP contribution in [0.25, 0.3) is 0 Å². The van der Waals surface area contributed by atoms with Crippen LogP contribution in [0.4, 0.5) is 23.2 Å². The van der Waals surface area contributed by atoms with Crippen molar-refractivity contribution in [3.05, 3.63) is 64.4 Å². The van der Waals surface area contributed by atoms with Crippen molar-refractivity contribution >= 4 is 23.0 Å². The standard InChI is InChI=1S/C17H13ClF4N2O/c18-10-5-6-14-12(7-10)16(11-3-1-2-4-13(11)19)23-15(25)8-24(14)9-17(20,21)22/h1-7,15,25H,8-9H2. The summed E-state index contributed by atoms with van der Waals surface area (Å²) in [6.07, 6.45) is -5.91. The fourth-order valence-corrected chi connectivity index (χ4v) is 2.93. The minimum absolute atomic E-state index is 0.0628. The summed E-state index contributed by atoms with van der Waals surface area (Å²) in [5.41, 5.74) is 0.561. The van der Waals surface area contributed by atoms with E-state index in [9.17, 15) is 22.7 Å². The van der Waals surface area contributed by atoms with Gasteiger partial charge in [-0.25, -0.2) is 4.39 Å².